The Hall–Kier alpha value is -3.02. The van der Waals surface area contributed by atoms with Crippen molar-refractivity contribution in [2.45, 2.75) is 0 Å². The normalized spacial score (nSPS) is 16.4. The molecule has 2 aromatic rings. The first kappa shape index (κ1) is 11.8. The summed E-state index contributed by atoms with van der Waals surface area (Å²) in [6.45, 7) is 0.168. The maximum Gasteiger partial charge on any atom is 0.261 e. The molecule has 0 fully saturated rings. The minimum atomic E-state index is -0.170. The Morgan fingerprint density at radius 1 is 1.05 bits per heavy atom. The molecule has 1 amide bonds. The van der Waals surface area contributed by atoms with Crippen molar-refractivity contribution in [3.63, 3.8) is 0 Å². The van der Waals surface area contributed by atoms with Crippen LogP contribution in [0, 0.1) is 0 Å². The summed E-state index contributed by atoms with van der Waals surface area (Å²) in [6, 6.07) is 11.7. The van der Waals surface area contributed by atoms with E-state index in [-0.39, 0.29) is 12.5 Å². The molecule has 0 aliphatic carbocycles. The number of nitrogens with one attached hydrogen (secondary N) is 1. The highest BCUT2D eigenvalue weighted by molar-refractivity contribution is 6.22. The summed E-state index contributed by atoms with van der Waals surface area (Å²) in [7, 11) is 0. The van der Waals surface area contributed by atoms with Gasteiger partial charge in [-0.25, -0.2) is 10.4 Å². The second-order valence-corrected chi connectivity index (χ2v) is 4.76. The van der Waals surface area contributed by atoms with Gasteiger partial charge in [0.25, 0.3) is 5.91 Å². The Kier molecular flexibility index (Phi) is 2.53. The number of hydrazone groups is 2. The van der Waals surface area contributed by atoms with Crippen molar-refractivity contribution >= 4 is 17.5 Å². The van der Waals surface area contributed by atoms with Gasteiger partial charge in [-0.05, 0) is 12.1 Å². The Balaban J connectivity index is 1.93. The molecule has 1 aromatic carbocycles. The predicted molar refractivity (Wildman–Crippen MR) is 77.7 cm³/mol. The van der Waals surface area contributed by atoms with Crippen LogP contribution in [-0.4, -0.2) is 34.0 Å². The maximum absolute atomic E-state index is 11.5. The highest BCUT2D eigenvalue weighted by Crippen LogP contribution is 2.24. The number of benzene rings is 1. The lowest BCUT2D eigenvalue weighted by atomic mass is 9.96. The zero-order chi connectivity index (χ0) is 14.2. The molecule has 0 saturated heterocycles. The smallest absolute Gasteiger partial charge is 0.261 e. The van der Waals surface area contributed by atoms with Gasteiger partial charge in [0.2, 0.25) is 0 Å². The molecule has 0 bridgehead atoms. The van der Waals surface area contributed by atoms with Crippen molar-refractivity contribution in [3.8, 4) is 0 Å². The summed E-state index contributed by atoms with van der Waals surface area (Å²) in [4.78, 5) is 15.6. The van der Waals surface area contributed by atoms with Gasteiger partial charge in [-0.2, -0.15) is 10.2 Å². The molecular formula is C15H11N5O. The molecule has 1 N–H and O–H groups in total. The monoisotopic (exact) mass is 277 g/mol. The van der Waals surface area contributed by atoms with Gasteiger partial charge in [0.1, 0.15) is 6.54 Å². The third kappa shape index (κ3) is 1.88. The van der Waals surface area contributed by atoms with Crippen LogP contribution in [0.2, 0.25) is 0 Å². The zero-order valence-electron chi connectivity index (χ0n) is 11.0. The molecule has 6 nitrogen and oxygen atoms in total. The van der Waals surface area contributed by atoms with E-state index in [1.807, 2.05) is 36.4 Å². The van der Waals surface area contributed by atoms with E-state index in [4.69, 9.17) is 0 Å². The lowest BCUT2D eigenvalue weighted by molar-refractivity contribution is -0.122. The third-order valence-electron chi connectivity index (χ3n) is 3.42. The fourth-order valence-electron chi connectivity index (χ4n) is 2.48. The summed E-state index contributed by atoms with van der Waals surface area (Å²) in [5.74, 6) is 0.499. The number of aromatic nitrogens is 1. The first-order valence-electron chi connectivity index (χ1n) is 6.56. The number of fused-ring (bicyclic) bond motifs is 3. The summed E-state index contributed by atoms with van der Waals surface area (Å²) in [5, 5.41) is 10.4. The van der Waals surface area contributed by atoms with Crippen LogP contribution in [-0.2, 0) is 4.79 Å². The first-order valence-corrected chi connectivity index (χ1v) is 6.56. The average molecular weight is 277 g/mol. The lowest BCUT2D eigenvalue weighted by Crippen LogP contribution is -2.45. The SMILES string of the molecule is O=C1CN2N=C(c3ccncc3)c3ccccc3C2=NN1. The number of carbonyl (C=O) groups is 1. The predicted octanol–water partition coefficient (Wildman–Crippen LogP) is 0.941. The van der Waals surface area contributed by atoms with Gasteiger partial charge in [0.15, 0.2) is 5.84 Å². The van der Waals surface area contributed by atoms with Gasteiger partial charge in [0, 0.05) is 29.1 Å². The molecule has 4 rings (SSSR count). The minimum Gasteiger partial charge on any atom is -0.271 e. The van der Waals surface area contributed by atoms with Crippen LogP contribution in [0.3, 0.4) is 0 Å². The van der Waals surface area contributed by atoms with Crippen LogP contribution in [0.4, 0.5) is 0 Å². The van der Waals surface area contributed by atoms with E-state index >= 15 is 0 Å². The standard InChI is InChI=1S/C15H11N5O/c21-13-9-20-15(18-17-13)12-4-2-1-3-11(12)14(19-20)10-5-7-16-8-6-10/h1-8H,9H2,(H,17,21). The number of rotatable bonds is 1. The minimum absolute atomic E-state index is 0.168. The number of amides is 1. The van der Waals surface area contributed by atoms with Gasteiger partial charge < -0.3 is 0 Å². The molecule has 21 heavy (non-hydrogen) atoms. The van der Waals surface area contributed by atoms with Crippen LogP contribution < -0.4 is 5.43 Å². The summed E-state index contributed by atoms with van der Waals surface area (Å²) in [6.07, 6.45) is 3.46. The van der Waals surface area contributed by atoms with Gasteiger partial charge in [-0.15, -0.1) is 0 Å². The molecule has 0 radical (unpaired) electrons. The maximum atomic E-state index is 11.5. The first-order chi connectivity index (χ1) is 10.3. The van der Waals surface area contributed by atoms with Crippen LogP contribution >= 0.6 is 0 Å². The van der Waals surface area contributed by atoms with Crippen molar-refractivity contribution < 1.29 is 4.79 Å². The van der Waals surface area contributed by atoms with Gasteiger partial charge in [0.05, 0.1) is 5.71 Å². The number of amidine groups is 1. The number of hydrogen-bond acceptors (Lipinski definition) is 5. The van der Waals surface area contributed by atoms with Crippen LogP contribution in [0.15, 0.2) is 59.0 Å². The van der Waals surface area contributed by atoms with Crippen molar-refractivity contribution in [1.82, 2.24) is 15.4 Å². The van der Waals surface area contributed by atoms with Gasteiger partial charge >= 0.3 is 0 Å². The van der Waals surface area contributed by atoms with Crippen molar-refractivity contribution in [2.24, 2.45) is 10.2 Å². The quantitative estimate of drug-likeness (QED) is 0.843. The van der Waals surface area contributed by atoms with E-state index in [0.717, 1.165) is 22.4 Å². The molecule has 2 aliphatic heterocycles. The largest absolute Gasteiger partial charge is 0.271 e. The van der Waals surface area contributed by atoms with Gasteiger partial charge in [-0.1, -0.05) is 24.3 Å². The van der Waals surface area contributed by atoms with Gasteiger partial charge in [-0.3, -0.25) is 9.78 Å². The average Bonchev–Trinajstić information content (AvgIpc) is 2.54. The molecule has 0 spiro atoms. The summed E-state index contributed by atoms with van der Waals surface area (Å²) < 4.78 is 0. The summed E-state index contributed by atoms with van der Waals surface area (Å²) >= 11 is 0. The Labute approximate surface area is 120 Å². The van der Waals surface area contributed by atoms with E-state index < -0.39 is 0 Å². The molecule has 0 saturated carbocycles. The molecule has 102 valence electrons. The molecule has 3 heterocycles. The fourth-order valence-corrected chi connectivity index (χ4v) is 2.48. The molecule has 0 unspecified atom stereocenters. The lowest BCUT2D eigenvalue weighted by Gasteiger charge is -2.30. The van der Waals surface area contributed by atoms with E-state index in [0.29, 0.717) is 5.84 Å². The van der Waals surface area contributed by atoms with Crippen molar-refractivity contribution in [3.05, 3.63) is 65.5 Å². The second-order valence-electron chi connectivity index (χ2n) is 4.76. The highest BCUT2D eigenvalue weighted by atomic mass is 16.2. The zero-order valence-corrected chi connectivity index (χ0v) is 11.0. The Morgan fingerprint density at radius 3 is 2.62 bits per heavy atom. The van der Waals surface area contributed by atoms with E-state index in [1.165, 1.54) is 0 Å². The van der Waals surface area contributed by atoms with E-state index in [9.17, 15) is 4.79 Å². The fraction of sp³-hybridized carbons (Fsp3) is 0.0667. The molecular weight excluding hydrogens is 266 g/mol. The Bertz CT molecular complexity index is 782. The van der Waals surface area contributed by atoms with E-state index in [2.05, 4.69) is 20.6 Å². The Morgan fingerprint density at radius 2 is 1.81 bits per heavy atom. The highest BCUT2D eigenvalue weighted by Gasteiger charge is 2.29. The number of hydrogen-bond donors (Lipinski definition) is 1. The molecule has 1 aromatic heterocycles. The molecule has 6 heteroatoms. The third-order valence-corrected chi connectivity index (χ3v) is 3.42. The number of nitrogens with zero attached hydrogens (tertiary/aromatic N) is 4. The topological polar surface area (TPSA) is 70.0 Å². The van der Waals surface area contributed by atoms with Crippen LogP contribution in [0.1, 0.15) is 16.7 Å². The molecule has 2 aliphatic rings. The second kappa shape index (κ2) is 4.52. The van der Waals surface area contributed by atoms with Crippen LogP contribution in [0.5, 0.6) is 0 Å². The summed E-state index contributed by atoms with van der Waals surface area (Å²) in [5.41, 5.74) is 6.24. The van der Waals surface area contributed by atoms with Crippen molar-refractivity contribution in [2.75, 3.05) is 6.54 Å². The molecule has 0 atom stereocenters. The number of carbonyl (C=O) groups excluding carboxylic acids is 1. The van der Waals surface area contributed by atoms with Crippen molar-refractivity contribution in [1.29, 1.82) is 0 Å². The van der Waals surface area contributed by atoms with E-state index in [1.54, 1.807) is 17.4 Å². The number of pyridine rings is 1. The van der Waals surface area contributed by atoms with Crippen LogP contribution in [0.25, 0.3) is 0 Å².